The van der Waals surface area contributed by atoms with Crippen LogP contribution in [0.15, 0.2) is 30.3 Å². The predicted molar refractivity (Wildman–Crippen MR) is 110 cm³/mol. The first-order valence-electron chi connectivity index (χ1n) is 9.74. The number of hydrogen-bond donors (Lipinski definition) is 1. The van der Waals surface area contributed by atoms with Crippen molar-refractivity contribution in [2.75, 3.05) is 26.7 Å². The lowest BCUT2D eigenvalue weighted by molar-refractivity contribution is -0.139. The summed E-state index contributed by atoms with van der Waals surface area (Å²) in [5.74, 6) is 0.284. The van der Waals surface area contributed by atoms with Crippen LogP contribution in [0.2, 0.25) is 0 Å². The van der Waals surface area contributed by atoms with Crippen LogP contribution in [0.25, 0.3) is 0 Å². The highest BCUT2D eigenvalue weighted by Gasteiger charge is 2.40. The third kappa shape index (κ3) is 4.99. The van der Waals surface area contributed by atoms with Crippen molar-refractivity contribution in [2.45, 2.75) is 58.2 Å². The Balaban J connectivity index is 0.00000243. The van der Waals surface area contributed by atoms with Crippen LogP contribution in [-0.2, 0) is 11.3 Å². The first kappa shape index (κ1) is 21.2. The summed E-state index contributed by atoms with van der Waals surface area (Å²) in [5.41, 5.74) is 1.43. The van der Waals surface area contributed by atoms with Crippen molar-refractivity contribution >= 4 is 18.3 Å². The molecule has 2 aliphatic heterocycles. The molecule has 0 aromatic heterocycles. The fourth-order valence-electron chi connectivity index (χ4n) is 4.32. The van der Waals surface area contributed by atoms with Crippen LogP contribution in [-0.4, -0.2) is 54.5 Å². The number of likely N-dealkylation sites (N-methyl/N-ethyl adjacent to an activating group) is 1. The number of halogens is 1. The van der Waals surface area contributed by atoms with Crippen LogP contribution < -0.4 is 5.32 Å². The second-order valence-electron chi connectivity index (χ2n) is 8.42. The molecule has 0 saturated carbocycles. The number of benzene rings is 1. The van der Waals surface area contributed by atoms with E-state index in [0.29, 0.717) is 6.04 Å². The third-order valence-corrected chi connectivity index (χ3v) is 6.08. The van der Waals surface area contributed by atoms with E-state index in [1.807, 2.05) is 11.9 Å². The van der Waals surface area contributed by atoms with Gasteiger partial charge in [-0.15, -0.1) is 12.4 Å². The van der Waals surface area contributed by atoms with Crippen LogP contribution in [0.1, 0.15) is 45.1 Å². The fraction of sp³-hybridized carbons (Fsp3) is 0.667. The fourth-order valence-corrected chi connectivity index (χ4v) is 4.32. The molecule has 0 radical (unpaired) electrons. The highest BCUT2D eigenvalue weighted by molar-refractivity contribution is 5.85. The molecule has 4 nitrogen and oxygen atoms in total. The number of nitrogens with zero attached hydrogens (tertiary/aromatic N) is 2. The zero-order valence-corrected chi connectivity index (χ0v) is 17.2. The molecule has 1 aromatic rings. The van der Waals surface area contributed by atoms with E-state index >= 15 is 0 Å². The molecule has 5 heteroatoms. The van der Waals surface area contributed by atoms with Crippen LogP contribution in [0, 0.1) is 5.41 Å². The summed E-state index contributed by atoms with van der Waals surface area (Å²) in [4.78, 5) is 17.6. The second-order valence-corrected chi connectivity index (χ2v) is 8.42. The second kappa shape index (κ2) is 9.20. The van der Waals surface area contributed by atoms with E-state index in [0.717, 1.165) is 45.4 Å². The van der Waals surface area contributed by atoms with Gasteiger partial charge in [-0.25, -0.2) is 0 Å². The number of piperidine rings is 2. The van der Waals surface area contributed by atoms with Gasteiger partial charge in [-0.05, 0) is 43.2 Å². The molecule has 3 rings (SSSR count). The molecular formula is C21H34ClN3O. The number of nitrogens with one attached hydrogen (secondary N) is 1. The van der Waals surface area contributed by atoms with Gasteiger partial charge in [0.05, 0.1) is 6.04 Å². The first-order valence-corrected chi connectivity index (χ1v) is 9.74. The van der Waals surface area contributed by atoms with Crippen LogP contribution in [0.4, 0.5) is 0 Å². The van der Waals surface area contributed by atoms with Gasteiger partial charge in [0.1, 0.15) is 0 Å². The van der Waals surface area contributed by atoms with E-state index in [1.54, 1.807) is 0 Å². The van der Waals surface area contributed by atoms with Crippen molar-refractivity contribution in [1.29, 1.82) is 0 Å². The predicted octanol–water partition coefficient (Wildman–Crippen LogP) is 3.31. The van der Waals surface area contributed by atoms with Crippen molar-refractivity contribution in [3.05, 3.63) is 35.9 Å². The van der Waals surface area contributed by atoms with E-state index in [4.69, 9.17) is 0 Å². The van der Waals surface area contributed by atoms with Crippen molar-refractivity contribution in [3.8, 4) is 0 Å². The van der Waals surface area contributed by atoms with Crippen molar-refractivity contribution in [3.63, 3.8) is 0 Å². The van der Waals surface area contributed by atoms with Gasteiger partial charge in [-0.3, -0.25) is 9.69 Å². The maximum absolute atomic E-state index is 13.0. The largest absolute Gasteiger partial charge is 0.341 e. The monoisotopic (exact) mass is 379 g/mol. The van der Waals surface area contributed by atoms with Gasteiger partial charge in [-0.1, -0.05) is 44.2 Å². The number of carbonyl (C=O) groups is 1. The van der Waals surface area contributed by atoms with E-state index in [9.17, 15) is 4.79 Å². The number of rotatable bonds is 4. The molecule has 0 aliphatic carbocycles. The summed E-state index contributed by atoms with van der Waals surface area (Å²) in [5, 5.41) is 3.47. The highest BCUT2D eigenvalue weighted by Crippen LogP contribution is 2.32. The molecule has 0 bridgehead atoms. The standard InChI is InChI=1S/C21H33N3O.ClH/c1-21(2)12-7-13-22-19(21)20(25)23(3)18-10-14-24(15-11-18)16-17-8-5-4-6-9-17;/h4-6,8-9,18-19,22H,7,10-16H2,1-3H3;1H. The molecule has 146 valence electrons. The van der Waals surface area contributed by atoms with Crippen molar-refractivity contribution in [2.24, 2.45) is 5.41 Å². The number of likely N-dealkylation sites (tertiary alicyclic amines) is 1. The molecule has 1 atom stereocenters. The van der Waals surface area contributed by atoms with E-state index in [1.165, 1.54) is 12.0 Å². The summed E-state index contributed by atoms with van der Waals surface area (Å²) in [6.07, 6.45) is 4.43. The molecule has 26 heavy (non-hydrogen) atoms. The molecule has 0 spiro atoms. The van der Waals surface area contributed by atoms with E-state index in [-0.39, 0.29) is 29.8 Å². The summed E-state index contributed by atoms with van der Waals surface area (Å²) in [6, 6.07) is 11.0. The molecule has 2 fully saturated rings. The Morgan fingerprint density at radius 2 is 1.88 bits per heavy atom. The first-order chi connectivity index (χ1) is 12.0. The molecule has 2 aliphatic rings. The zero-order chi connectivity index (χ0) is 17.9. The number of hydrogen-bond acceptors (Lipinski definition) is 3. The maximum Gasteiger partial charge on any atom is 0.240 e. The quantitative estimate of drug-likeness (QED) is 0.871. The Bertz CT molecular complexity index is 570. The van der Waals surface area contributed by atoms with Crippen LogP contribution in [0.3, 0.4) is 0 Å². The lowest BCUT2D eigenvalue weighted by Crippen LogP contribution is -2.58. The Kier molecular flexibility index (Phi) is 7.51. The van der Waals surface area contributed by atoms with Gasteiger partial charge >= 0.3 is 0 Å². The average Bonchev–Trinajstić information content (AvgIpc) is 2.62. The van der Waals surface area contributed by atoms with Crippen LogP contribution >= 0.6 is 12.4 Å². The average molecular weight is 380 g/mol. The molecule has 1 N–H and O–H groups in total. The number of carbonyl (C=O) groups excluding carboxylic acids is 1. The van der Waals surface area contributed by atoms with Gasteiger partial charge in [0.25, 0.3) is 0 Å². The minimum atomic E-state index is -0.0337. The lowest BCUT2D eigenvalue weighted by Gasteiger charge is -2.43. The third-order valence-electron chi connectivity index (χ3n) is 6.08. The minimum absolute atomic E-state index is 0. The Morgan fingerprint density at radius 3 is 2.50 bits per heavy atom. The maximum atomic E-state index is 13.0. The van der Waals surface area contributed by atoms with Gasteiger partial charge in [0.15, 0.2) is 0 Å². The molecular weight excluding hydrogens is 346 g/mol. The summed E-state index contributed by atoms with van der Waals surface area (Å²) >= 11 is 0. The smallest absolute Gasteiger partial charge is 0.240 e. The van der Waals surface area contributed by atoms with Gasteiger partial charge < -0.3 is 10.2 Å². The SMILES string of the molecule is CN(C(=O)C1NCCCC1(C)C)C1CCN(Cc2ccccc2)CC1.Cl. The van der Waals surface area contributed by atoms with Crippen LogP contribution in [0.5, 0.6) is 0 Å². The van der Waals surface area contributed by atoms with Gasteiger partial charge in [-0.2, -0.15) is 0 Å². The highest BCUT2D eigenvalue weighted by atomic mass is 35.5. The van der Waals surface area contributed by atoms with Gasteiger partial charge in [0.2, 0.25) is 5.91 Å². The van der Waals surface area contributed by atoms with E-state index < -0.39 is 0 Å². The zero-order valence-electron chi connectivity index (χ0n) is 16.4. The Morgan fingerprint density at radius 1 is 1.23 bits per heavy atom. The van der Waals surface area contributed by atoms with Gasteiger partial charge in [0, 0.05) is 32.7 Å². The lowest BCUT2D eigenvalue weighted by atomic mass is 9.77. The molecule has 2 heterocycles. The summed E-state index contributed by atoms with van der Waals surface area (Å²) in [7, 11) is 2.01. The topological polar surface area (TPSA) is 35.6 Å². The summed E-state index contributed by atoms with van der Waals surface area (Å²) < 4.78 is 0. The minimum Gasteiger partial charge on any atom is -0.341 e. The van der Waals surface area contributed by atoms with E-state index in [2.05, 4.69) is 54.4 Å². The Hall–Kier alpha value is -1.10. The number of amides is 1. The van der Waals surface area contributed by atoms with Crippen molar-refractivity contribution in [1.82, 2.24) is 15.1 Å². The normalized spacial score (nSPS) is 23.9. The molecule has 2 saturated heterocycles. The van der Waals surface area contributed by atoms with Crippen molar-refractivity contribution < 1.29 is 4.79 Å². The molecule has 1 unspecified atom stereocenters. The Labute approximate surface area is 164 Å². The molecule has 1 aromatic carbocycles. The summed E-state index contributed by atoms with van der Waals surface area (Å²) in [6.45, 7) is 8.55. The molecule has 1 amide bonds.